The molecule has 15 heavy (non-hydrogen) atoms. The molecule has 0 unspecified atom stereocenters. The van der Waals surface area contributed by atoms with E-state index in [9.17, 15) is 9.90 Å². The summed E-state index contributed by atoms with van der Waals surface area (Å²) in [6, 6.07) is 0. The van der Waals surface area contributed by atoms with Crippen molar-refractivity contribution in [3.05, 3.63) is 0 Å². The average molecular weight is 212 g/mol. The van der Waals surface area contributed by atoms with Gasteiger partial charge in [0.2, 0.25) is 0 Å². The number of hydrogen-bond acceptors (Lipinski definition) is 2. The van der Waals surface area contributed by atoms with Crippen molar-refractivity contribution in [2.24, 2.45) is 16.7 Å². The summed E-state index contributed by atoms with van der Waals surface area (Å²) in [5.74, 6) is 0.947. The zero-order chi connectivity index (χ0) is 11.9. The predicted octanol–water partition coefficient (Wildman–Crippen LogP) is 2.79. The second kappa shape index (κ2) is 3.89. The van der Waals surface area contributed by atoms with Crippen molar-refractivity contribution < 1.29 is 9.90 Å². The lowest BCUT2D eigenvalue weighted by molar-refractivity contribution is -0.114. The molecular formula is C13H24O2. The smallest absolute Gasteiger partial charge is 0.126 e. The Morgan fingerprint density at radius 3 is 1.87 bits per heavy atom. The van der Waals surface area contributed by atoms with Gasteiger partial charge >= 0.3 is 0 Å². The number of aliphatic hydroxyl groups is 1. The number of Topliss-reactive ketones (excluding diaryl/α,β-unsaturated/α-hetero) is 1. The molecule has 0 aromatic rings. The molecule has 0 heterocycles. The summed E-state index contributed by atoms with van der Waals surface area (Å²) in [7, 11) is 0. The van der Waals surface area contributed by atoms with Crippen LogP contribution in [0.2, 0.25) is 0 Å². The number of fused-ring (bicyclic) bond motifs is 2. The number of rotatable bonds is 0. The fourth-order valence-electron chi connectivity index (χ4n) is 3.16. The Morgan fingerprint density at radius 2 is 1.73 bits per heavy atom. The molecule has 2 bridgehead atoms. The summed E-state index contributed by atoms with van der Waals surface area (Å²) in [5.41, 5.74) is 0.601. The predicted molar refractivity (Wildman–Crippen MR) is 61.6 cm³/mol. The molecule has 2 heteroatoms. The quantitative estimate of drug-likeness (QED) is 0.670. The first-order chi connectivity index (χ1) is 6.72. The lowest BCUT2D eigenvalue weighted by Crippen LogP contribution is -2.35. The van der Waals surface area contributed by atoms with Crippen molar-refractivity contribution in [1.29, 1.82) is 0 Å². The van der Waals surface area contributed by atoms with Gasteiger partial charge in [0.05, 0.1) is 6.10 Å². The van der Waals surface area contributed by atoms with E-state index in [1.165, 1.54) is 26.7 Å². The van der Waals surface area contributed by atoms with E-state index in [0.29, 0.717) is 5.41 Å². The Labute approximate surface area is 93.1 Å². The van der Waals surface area contributed by atoms with Crippen molar-refractivity contribution in [2.75, 3.05) is 0 Å². The second-order valence-electron chi connectivity index (χ2n) is 6.03. The first kappa shape index (κ1) is 12.7. The van der Waals surface area contributed by atoms with Crippen LogP contribution in [0.1, 0.15) is 53.9 Å². The molecular weight excluding hydrogens is 188 g/mol. The SMILES string of the molecule is CC(C)=O.CC1(C)[C@@H]2CC[C@@]1(C)[C@@H](O)C2. The molecule has 2 rings (SSSR count). The molecule has 0 saturated heterocycles. The van der Waals surface area contributed by atoms with E-state index in [2.05, 4.69) is 20.8 Å². The Morgan fingerprint density at radius 1 is 1.27 bits per heavy atom. The molecule has 0 aliphatic heterocycles. The monoisotopic (exact) mass is 212 g/mol. The number of carbonyl (C=O) groups is 1. The van der Waals surface area contributed by atoms with Crippen molar-refractivity contribution >= 4 is 5.78 Å². The van der Waals surface area contributed by atoms with Crippen LogP contribution in [0.5, 0.6) is 0 Å². The van der Waals surface area contributed by atoms with Gasteiger partial charge in [-0.2, -0.15) is 0 Å². The number of ketones is 1. The van der Waals surface area contributed by atoms with E-state index in [1.807, 2.05) is 0 Å². The fourth-order valence-corrected chi connectivity index (χ4v) is 3.16. The van der Waals surface area contributed by atoms with Gasteiger partial charge in [0.1, 0.15) is 5.78 Å². The molecule has 2 aliphatic carbocycles. The molecule has 0 radical (unpaired) electrons. The number of carbonyl (C=O) groups excluding carboxylic acids is 1. The minimum absolute atomic E-state index is 0.0313. The van der Waals surface area contributed by atoms with E-state index in [1.54, 1.807) is 0 Å². The highest BCUT2D eigenvalue weighted by Gasteiger charge is 2.60. The van der Waals surface area contributed by atoms with Gasteiger partial charge in [-0.1, -0.05) is 20.8 Å². The van der Waals surface area contributed by atoms with Crippen LogP contribution in [-0.4, -0.2) is 17.0 Å². The molecule has 2 aliphatic rings. The summed E-state index contributed by atoms with van der Waals surface area (Å²) < 4.78 is 0. The van der Waals surface area contributed by atoms with Crippen LogP contribution in [0.15, 0.2) is 0 Å². The minimum Gasteiger partial charge on any atom is -0.393 e. The lowest BCUT2D eigenvalue weighted by Gasteiger charge is -2.36. The van der Waals surface area contributed by atoms with E-state index in [4.69, 9.17) is 0 Å². The molecule has 2 saturated carbocycles. The van der Waals surface area contributed by atoms with Crippen LogP contribution in [0.4, 0.5) is 0 Å². The van der Waals surface area contributed by atoms with Crippen molar-refractivity contribution in [3.8, 4) is 0 Å². The Balaban J connectivity index is 0.000000245. The van der Waals surface area contributed by atoms with Gasteiger partial charge in [0, 0.05) is 0 Å². The maximum atomic E-state index is 9.81. The van der Waals surface area contributed by atoms with Crippen LogP contribution < -0.4 is 0 Å². The lowest BCUT2D eigenvalue weighted by atomic mass is 9.70. The molecule has 3 atom stereocenters. The highest BCUT2D eigenvalue weighted by molar-refractivity contribution is 5.72. The van der Waals surface area contributed by atoms with Gasteiger partial charge in [0.15, 0.2) is 0 Å². The Kier molecular flexibility index (Phi) is 3.30. The number of aliphatic hydroxyl groups excluding tert-OH is 1. The van der Waals surface area contributed by atoms with E-state index in [-0.39, 0.29) is 17.3 Å². The molecule has 0 spiro atoms. The highest BCUT2D eigenvalue weighted by Crippen LogP contribution is 2.65. The first-order valence-electron chi connectivity index (χ1n) is 5.87. The molecule has 0 amide bonds. The fraction of sp³-hybridized carbons (Fsp3) is 0.923. The molecule has 0 aromatic heterocycles. The van der Waals surface area contributed by atoms with E-state index in [0.717, 1.165) is 12.3 Å². The summed E-state index contributed by atoms with van der Waals surface area (Å²) >= 11 is 0. The maximum absolute atomic E-state index is 9.81. The van der Waals surface area contributed by atoms with Gasteiger partial charge in [-0.3, -0.25) is 0 Å². The van der Waals surface area contributed by atoms with Crippen LogP contribution in [-0.2, 0) is 4.79 Å². The second-order valence-corrected chi connectivity index (χ2v) is 6.03. The average Bonchev–Trinajstić information content (AvgIpc) is 2.36. The third kappa shape index (κ3) is 1.96. The van der Waals surface area contributed by atoms with Crippen molar-refractivity contribution in [2.45, 2.75) is 60.0 Å². The van der Waals surface area contributed by atoms with Gasteiger partial charge < -0.3 is 9.90 Å². The van der Waals surface area contributed by atoms with Crippen LogP contribution in [0, 0.1) is 16.7 Å². The highest BCUT2D eigenvalue weighted by atomic mass is 16.3. The third-order valence-corrected chi connectivity index (χ3v) is 4.75. The standard InChI is InChI=1S/C10H18O.C3H6O/c1-9(2)7-4-5-10(9,3)8(11)6-7;1-3(2)4/h7-8,11H,4-6H2,1-3H3;1-2H3/t7-,8+,10+;/m1./s1. The molecule has 2 nitrogen and oxygen atoms in total. The molecule has 2 fully saturated rings. The zero-order valence-corrected chi connectivity index (χ0v) is 10.6. The van der Waals surface area contributed by atoms with Gasteiger partial charge in [-0.15, -0.1) is 0 Å². The van der Waals surface area contributed by atoms with Crippen molar-refractivity contribution in [3.63, 3.8) is 0 Å². The first-order valence-corrected chi connectivity index (χ1v) is 5.87. The molecule has 1 N–H and O–H groups in total. The van der Waals surface area contributed by atoms with E-state index < -0.39 is 0 Å². The molecule has 88 valence electrons. The normalized spacial score (nSPS) is 40.9. The third-order valence-electron chi connectivity index (χ3n) is 4.75. The topological polar surface area (TPSA) is 37.3 Å². The van der Waals surface area contributed by atoms with Gasteiger partial charge in [0.25, 0.3) is 0 Å². The summed E-state index contributed by atoms with van der Waals surface area (Å²) in [5, 5.41) is 9.81. The van der Waals surface area contributed by atoms with Crippen LogP contribution in [0.25, 0.3) is 0 Å². The van der Waals surface area contributed by atoms with Gasteiger partial charge in [-0.25, -0.2) is 0 Å². The maximum Gasteiger partial charge on any atom is 0.126 e. The summed E-state index contributed by atoms with van der Waals surface area (Å²) in [4.78, 5) is 9.44. The summed E-state index contributed by atoms with van der Waals surface area (Å²) in [6.45, 7) is 9.95. The zero-order valence-electron chi connectivity index (χ0n) is 10.6. The Bertz CT molecular complexity index is 253. The summed E-state index contributed by atoms with van der Waals surface area (Å²) in [6.07, 6.45) is 3.58. The number of hydrogen-bond donors (Lipinski definition) is 1. The Hall–Kier alpha value is -0.370. The largest absolute Gasteiger partial charge is 0.393 e. The van der Waals surface area contributed by atoms with Crippen molar-refractivity contribution in [1.82, 2.24) is 0 Å². The van der Waals surface area contributed by atoms with Gasteiger partial charge in [-0.05, 0) is 49.9 Å². The van der Waals surface area contributed by atoms with Crippen LogP contribution >= 0.6 is 0 Å². The minimum atomic E-state index is -0.0313. The van der Waals surface area contributed by atoms with E-state index >= 15 is 0 Å². The molecule has 0 aromatic carbocycles. The van der Waals surface area contributed by atoms with Crippen LogP contribution in [0.3, 0.4) is 0 Å².